The predicted molar refractivity (Wildman–Crippen MR) is 102 cm³/mol. The van der Waals surface area contributed by atoms with Crippen molar-refractivity contribution in [1.82, 2.24) is 15.0 Å². The Morgan fingerprint density at radius 3 is 2.70 bits per heavy atom. The Morgan fingerprint density at radius 2 is 2.00 bits per heavy atom. The Kier molecular flexibility index (Phi) is 5.82. The lowest BCUT2D eigenvalue weighted by Crippen LogP contribution is -2.10. The summed E-state index contributed by atoms with van der Waals surface area (Å²) in [6.45, 7) is 1.90. The van der Waals surface area contributed by atoms with Gasteiger partial charge in [-0.15, -0.1) is 0 Å². The first-order valence-corrected chi connectivity index (χ1v) is 9.01. The highest BCUT2D eigenvalue weighted by Gasteiger charge is 2.14. The molecule has 2 heterocycles. The van der Waals surface area contributed by atoms with Crippen molar-refractivity contribution in [2.24, 2.45) is 0 Å². The zero-order valence-corrected chi connectivity index (χ0v) is 15.9. The van der Waals surface area contributed by atoms with Crippen LogP contribution in [-0.2, 0) is 4.74 Å². The molecule has 7 nitrogen and oxygen atoms in total. The summed E-state index contributed by atoms with van der Waals surface area (Å²) < 4.78 is 17.7. The van der Waals surface area contributed by atoms with Crippen LogP contribution in [0.2, 0.25) is 5.02 Å². The number of nitrogens with zero attached hydrogens (tertiary/aromatic N) is 3. The van der Waals surface area contributed by atoms with Crippen LogP contribution in [0.25, 0.3) is 0 Å². The van der Waals surface area contributed by atoms with E-state index in [0.717, 1.165) is 16.9 Å². The lowest BCUT2D eigenvalue weighted by Gasteiger charge is -2.15. The van der Waals surface area contributed by atoms with Gasteiger partial charge in [-0.1, -0.05) is 35.1 Å². The number of carbonyl (C=O) groups is 1. The summed E-state index contributed by atoms with van der Waals surface area (Å²) in [7, 11) is 1.30. The van der Waals surface area contributed by atoms with Crippen molar-refractivity contribution >= 4 is 45.8 Å². The molecule has 140 valence electrons. The first-order valence-electron chi connectivity index (χ1n) is 7.82. The van der Waals surface area contributed by atoms with Crippen molar-refractivity contribution < 1.29 is 13.9 Å². The lowest BCUT2D eigenvalue weighted by molar-refractivity contribution is 0.0606. The molecule has 0 fully saturated rings. The van der Waals surface area contributed by atoms with Crippen LogP contribution in [0.3, 0.4) is 0 Å². The Labute approximate surface area is 163 Å². The van der Waals surface area contributed by atoms with Crippen molar-refractivity contribution in [1.29, 1.82) is 0 Å². The van der Waals surface area contributed by atoms with Gasteiger partial charge in [0.05, 0.1) is 25.5 Å². The molecule has 0 unspecified atom stereocenters. The van der Waals surface area contributed by atoms with Crippen LogP contribution in [0.5, 0.6) is 0 Å². The molecule has 0 aliphatic heterocycles. The maximum atomic E-state index is 13.1. The van der Waals surface area contributed by atoms with Gasteiger partial charge in [0, 0.05) is 0 Å². The van der Waals surface area contributed by atoms with Crippen molar-refractivity contribution in [3.8, 4) is 0 Å². The Bertz CT molecular complexity index is 951. The fraction of sp³-hybridized carbons (Fsp3) is 0.176. The average molecular weight is 408 g/mol. The van der Waals surface area contributed by atoms with E-state index in [2.05, 4.69) is 30.3 Å². The zero-order valence-electron chi connectivity index (χ0n) is 14.4. The van der Waals surface area contributed by atoms with Gasteiger partial charge < -0.3 is 15.4 Å². The number of aromatic nitrogens is 3. The van der Waals surface area contributed by atoms with Gasteiger partial charge in [0.25, 0.3) is 0 Å². The van der Waals surface area contributed by atoms with Gasteiger partial charge in [-0.2, -0.15) is 4.98 Å². The summed E-state index contributed by atoms with van der Waals surface area (Å²) >= 11 is 7.26. The van der Waals surface area contributed by atoms with Crippen LogP contribution in [-0.4, -0.2) is 28.0 Å². The van der Waals surface area contributed by atoms with E-state index in [-0.39, 0.29) is 11.9 Å². The standard InChI is InChI=1S/C17H15ClFN5O2S/c1-9(10-3-5-11(19)6-4-10)22-16-20-7-12(18)14(23-16)24-17-21-8-13(27-17)15(25)26-2/h3-9H,1-2H3,(H2,20,21,22,23,24)/t9-/m0/s1. The third-order valence-electron chi connectivity index (χ3n) is 3.58. The van der Waals surface area contributed by atoms with Gasteiger partial charge in [0.15, 0.2) is 10.9 Å². The molecule has 0 saturated heterocycles. The molecule has 10 heteroatoms. The number of halogens is 2. The number of rotatable bonds is 6. The Balaban J connectivity index is 1.75. The number of carbonyl (C=O) groups excluding carboxylic acids is 1. The van der Waals surface area contributed by atoms with Gasteiger partial charge in [-0.05, 0) is 24.6 Å². The fourth-order valence-corrected chi connectivity index (χ4v) is 3.05. The van der Waals surface area contributed by atoms with Crippen molar-refractivity contribution in [3.05, 3.63) is 57.9 Å². The molecule has 0 bridgehead atoms. The highest BCUT2D eigenvalue weighted by Crippen LogP contribution is 2.28. The molecule has 27 heavy (non-hydrogen) atoms. The summed E-state index contributed by atoms with van der Waals surface area (Å²) in [6, 6.07) is 6.01. The first kappa shape index (κ1) is 19.0. The quantitative estimate of drug-likeness (QED) is 0.584. The summed E-state index contributed by atoms with van der Waals surface area (Å²) in [5.74, 6) is -0.0884. The summed E-state index contributed by atoms with van der Waals surface area (Å²) in [5.41, 5.74) is 0.882. The van der Waals surface area contributed by atoms with E-state index in [9.17, 15) is 9.18 Å². The minimum absolute atomic E-state index is 0.148. The normalized spacial score (nSPS) is 11.7. The fourth-order valence-electron chi connectivity index (χ4n) is 2.18. The maximum absolute atomic E-state index is 13.1. The molecule has 0 saturated carbocycles. The average Bonchev–Trinajstić information content (AvgIpc) is 3.13. The smallest absolute Gasteiger partial charge is 0.349 e. The van der Waals surface area contributed by atoms with Gasteiger partial charge in [-0.3, -0.25) is 0 Å². The van der Waals surface area contributed by atoms with Crippen LogP contribution in [0.15, 0.2) is 36.7 Å². The summed E-state index contributed by atoms with van der Waals surface area (Å²) in [6.07, 6.45) is 2.86. The summed E-state index contributed by atoms with van der Waals surface area (Å²) in [5, 5.41) is 6.82. The van der Waals surface area contributed by atoms with Crippen molar-refractivity contribution in [2.75, 3.05) is 17.7 Å². The number of hydrogen-bond acceptors (Lipinski definition) is 8. The molecule has 0 aliphatic carbocycles. The molecule has 0 aliphatic rings. The number of hydrogen-bond donors (Lipinski definition) is 2. The van der Waals surface area contributed by atoms with Crippen LogP contribution in [0.1, 0.15) is 28.2 Å². The van der Waals surface area contributed by atoms with Gasteiger partial charge >= 0.3 is 5.97 Å². The van der Waals surface area contributed by atoms with E-state index in [0.29, 0.717) is 26.8 Å². The second-order valence-electron chi connectivity index (χ2n) is 5.45. The summed E-state index contributed by atoms with van der Waals surface area (Å²) in [4.78, 5) is 24.5. The van der Waals surface area contributed by atoms with E-state index in [4.69, 9.17) is 11.6 Å². The number of thiazole rings is 1. The molecule has 0 amide bonds. The zero-order chi connectivity index (χ0) is 19.4. The van der Waals surface area contributed by atoms with Crippen molar-refractivity contribution in [3.63, 3.8) is 0 Å². The van der Waals surface area contributed by atoms with Gasteiger partial charge in [0.1, 0.15) is 15.7 Å². The van der Waals surface area contributed by atoms with Crippen molar-refractivity contribution in [2.45, 2.75) is 13.0 Å². The van der Waals surface area contributed by atoms with E-state index in [1.165, 1.54) is 31.6 Å². The Morgan fingerprint density at radius 1 is 1.26 bits per heavy atom. The highest BCUT2D eigenvalue weighted by atomic mass is 35.5. The van der Waals surface area contributed by atoms with Crippen LogP contribution >= 0.6 is 22.9 Å². The number of esters is 1. The van der Waals surface area contributed by atoms with Gasteiger partial charge in [0.2, 0.25) is 5.95 Å². The topological polar surface area (TPSA) is 89.0 Å². The molecule has 3 rings (SSSR count). The van der Waals surface area contributed by atoms with E-state index in [1.54, 1.807) is 12.1 Å². The molecule has 1 aromatic carbocycles. The number of methoxy groups -OCH3 is 1. The van der Waals surface area contributed by atoms with Gasteiger partial charge in [-0.25, -0.2) is 19.2 Å². The number of nitrogens with one attached hydrogen (secondary N) is 2. The number of benzene rings is 1. The molecule has 2 aromatic heterocycles. The number of ether oxygens (including phenoxy) is 1. The van der Waals surface area contributed by atoms with Crippen LogP contribution in [0.4, 0.5) is 21.3 Å². The largest absolute Gasteiger partial charge is 0.465 e. The Hall–Kier alpha value is -2.78. The third-order valence-corrected chi connectivity index (χ3v) is 4.75. The molecular formula is C17H15ClFN5O2S. The highest BCUT2D eigenvalue weighted by molar-refractivity contribution is 7.17. The third kappa shape index (κ3) is 4.69. The molecular weight excluding hydrogens is 393 g/mol. The van der Waals surface area contributed by atoms with E-state index < -0.39 is 5.97 Å². The molecule has 2 N–H and O–H groups in total. The van der Waals surface area contributed by atoms with E-state index in [1.807, 2.05) is 6.92 Å². The minimum Gasteiger partial charge on any atom is -0.465 e. The molecule has 0 radical (unpaired) electrons. The van der Waals surface area contributed by atoms with Crippen LogP contribution in [0, 0.1) is 5.82 Å². The second-order valence-corrected chi connectivity index (χ2v) is 6.89. The monoisotopic (exact) mass is 407 g/mol. The minimum atomic E-state index is -0.468. The predicted octanol–water partition coefficient (Wildman–Crippen LogP) is 4.43. The van der Waals surface area contributed by atoms with Crippen LogP contribution < -0.4 is 10.6 Å². The lowest BCUT2D eigenvalue weighted by atomic mass is 10.1. The number of anilines is 3. The molecule has 1 atom stereocenters. The SMILES string of the molecule is COC(=O)c1cnc(Nc2nc(N[C@@H](C)c3ccc(F)cc3)ncc2Cl)s1. The first-order chi connectivity index (χ1) is 13.0. The second kappa shape index (κ2) is 8.28. The molecule has 3 aromatic rings. The molecule has 0 spiro atoms. The maximum Gasteiger partial charge on any atom is 0.349 e. The van der Waals surface area contributed by atoms with E-state index >= 15 is 0 Å².